The van der Waals surface area contributed by atoms with Crippen molar-refractivity contribution >= 4 is 11.8 Å². The van der Waals surface area contributed by atoms with Crippen LogP contribution < -0.4 is 10.1 Å². The number of likely N-dealkylation sites (tertiary alicyclic amines) is 1. The number of amides is 2. The molecule has 6 nitrogen and oxygen atoms in total. The third-order valence-corrected chi connectivity index (χ3v) is 4.77. The fourth-order valence-electron chi connectivity index (χ4n) is 3.09. The second-order valence-corrected chi connectivity index (χ2v) is 6.97. The largest absolute Gasteiger partial charge is 0.477 e. The van der Waals surface area contributed by atoms with E-state index in [1.54, 1.807) is 11.1 Å². The molecule has 1 aliphatic carbocycles. The van der Waals surface area contributed by atoms with Crippen LogP contribution in [-0.2, 0) is 16.1 Å². The van der Waals surface area contributed by atoms with Gasteiger partial charge in [0.2, 0.25) is 17.7 Å². The summed E-state index contributed by atoms with van der Waals surface area (Å²) >= 11 is 0. The number of aromatic nitrogens is 1. The van der Waals surface area contributed by atoms with Crippen molar-refractivity contribution in [1.29, 1.82) is 0 Å². The van der Waals surface area contributed by atoms with Crippen LogP contribution in [0.25, 0.3) is 0 Å². The van der Waals surface area contributed by atoms with E-state index in [4.69, 9.17) is 4.74 Å². The first-order chi connectivity index (χ1) is 12.2. The lowest BCUT2D eigenvalue weighted by atomic mass is 10.2. The number of carbonyl (C=O) groups is 2. The fraction of sp³-hybridized carbons (Fsp3) is 0.632. The van der Waals surface area contributed by atoms with Crippen molar-refractivity contribution in [3.8, 4) is 5.88 Å². The molecule has 1 saturated carbocycles. The second kappa shape index (κ2) is 8.32. The summed E-state index contributed by atoms with van der Waals surface area (Å²) in [6.07, 6.45) is 7.19. The van der Waals surface area contributed by atoms with E-state index in [2.05, 4.69) is 10.3 Å². The summed E-state index contributed by atoms with van der Waals surface area (Å²) in [7, 11) is 0. The van der Waals surface area contributed by atoms with Crippen molar-refractivity contribution < 1.29 is 14.3 Å². The maximum Gasteiger partial charge on any atom is 0.243 e. The Morgan fingerprint density at radius 3 is 2.84 bits per heavy atom. The van der Waals surface area contributed by atoms with Crippen molar-refractivity contribution in [1.82, 2.24) is 15.2 Å². The zero-order valence-corrected chi connectivity index (χ0v) is 14.9. The number of nitrogens with zero attached hydrogens (tertiary/aromatic N) is 2. The van der Waals surface area contributed by atoms with Crippen LogP contribution in [0.5, 0.6) is 5.88 Å². The summed E-state index contributed by atoms with van der Waals surface area (Å²) in [5.74, 6) is 1.34. The van der Waals surface area contributed by atoms with Crippen LogP contribution >= 0.6 is 0 Å². The zero-order valence-electron chi connectivity index (χ0n) is 14.9. The van der Waals surface area contributed by atoms with Gasteiger partial charge in [-0.05, 0) is 43.6 Å². The molecule has 0 spiro atoms. The average molecular weight is 345 g/mol. The van der Waals surface area contributed by atoms with E-state index in [9.17, 15) is 9.59 Å². The van der Waals surface area contributed by atoms with Gasteiger partial charge in [0.25, 0.3) is 0 Å². The first kappa shape index (κ1) is 17.7. The van der Waals surface area contributed by atoms with Gasteiger partial charge >= 0.3 is 0 Å². The summed E-state index contributed by atoms with van der Waals surface area (Å²) in [6.45, 7) is 3.83. The highest BCUT2D eigenvalue weighted by atomic mass is 16.5. The topological polar surface area (TPSA) is 71.5 Å². The number of hydrogen-bond donors (Lipinski definition) is 1. The molecule has 3 rings (SSSR count). The smallest absolute Gasteiger partial charge is 0.243 e. The molecule has 2 heterocycles. The molecule has 1 N–H and O–H groups in total. The third-order valence-electron chi connectivity index (χ3n) is 4.77. The number of nitrogens with one attached hydrogen (secondary N) is 1. The molecular formula is C19H27N3O3. The predicted octanol–water partition coefficient (Wildman–Crippen LogP) is 2.28. The standard InChI is InChI=1S/C19H27N3O3/c1-2-4-18(23)22-10-3-5-16(22)19(24)21-12-15-8-9-17(20-11-15)25-13-14-6-7-14/h8-9,11,14,16H,2-7,10,12-13H2,1H3,(H,21,24)/t16-/m1/s1. The molecule has 0 bridgehead atoms. The molecule has 1 aromatic heterocycles. The van der Waals surface area contributed by atoms with E-state index in [-0.39, 0.29) is 17.9 Å². The molecule has 1 aliphatic heterocycles. The molecule has 1 saturated heterocycles. The maximum absolute atomic E-state index is 12.4. The van der Waals surface area contributed by atoms with Crippen LogP contribution in [0.1, 0.15) is 51.0 Å². The number of pyridine rings is 1. The zero-order chi connectivity index (χ0) is 17.6. The molecule has 2 aliphatic rings. The molecule has 0 aromatic carbocycles. The van der Waals surface area contributed by atoms with E-state index >= 15 is 0 Å². The van der Waals surface area contributed by atoms with Crippen molar-refractivity contribution in [2.24, 2.45) is 5.92 Å². The van der Waals surface area contributed by atoms with Gasteiger partial charge in [-0.15, -0.1) is 0 Å². The van der Waals surface area contributed by atoms with E-state index in [1.165, 1.54) is 12.8 Å². The lowest BCUT2D eigenvalue weighted by Crippen LogP contribution is -2.45. The first-order valence-corrected chi connectivity index (χ1v) is 9.32. The Kier molecular flexibility index (Phi) is 5.89. The summed E-state index contributed by atoms with van der Waals surface area (Å²) in [6, 6.07) is 3.44. The highest BCUT2D eigenvalue weighted by Gasteiger charge is 2.33. The van der Waals surface area contributed by atoms with Crippen LogP contribution in [0.15, 0.2) is 18.3 Å². The van der Waals surface area contributed by atoms with Crippen LogP contribution in [0, 0.1) is 5.92 Å². The Bertz CT molecular complexity index is 598. The van der Waals surface area contributed by atoms with Crippen LogP contribution in [0.2, 0.25) is 0 Å². The van der Waals surface area contributed by atoms with Gasteiger partial charge in [-0.3, -0.25) is 9.59 Å². The highest BCUT2D eigenvalue weighted by Crippen LogP contribution is 2.29. The Morgan fingerprint density at radius 2 is 2.16 bits per heavy atom. The van der Waals surface area contributed by atoms with Crippen molar-refractivity contribution in [3.05, 3.63) is 23.9 Å². The van der Waals surface area contributed by atoms with E-state index < -0.39 is 0 Å². The number of rotatable bonds is 8. The van der Waals surface area contributed by atoms with E-state index in [0.29, 0.717) is 31.3 Å². The Morgan fingerprint density at radius 1 is 1.32 bits per heavy atom. The number of ether oxygens (including phenoxy) is 1. The Labute approximate surface area is 148 Å². The molecule has 25 heavy (non-hydrogen) atoms. The van der Waals surface area contributed by atoms with Gasteiger partial charge in [0.15, 0.2) is 0 Å². The van der Waals surface area contributed by atoms with E-state index in [0.717, 1.165) is 31.4 Å². The second-order valence-electron chi connectivity index (χ2n) is 6.97. The van der Waals surface area contributed by atoms with Gasteiger partial charge in [0.05, 0.1) is 6.61 Å². The molecule has 136 valence electrons. The summed E-state index contributed by atoms with van der Waals surface area (Å²) in [4.78, 5) is 30.6. The summed E-state index contributed by atoms with van der Waals surface area (Å²) < 4.78 is 5.61. The molecule has 1 atom stereocenters. The Hall–Kier alpha value is -2.11. The van der Waals surface area contributed by atoms with Crippen molar-refractivity contribution in [2.45, 2.75) is 58.0 Å². The van der Waals surface area contributed by atoms with Crippen LogP contribution in [-0.4, -0.2) is 40.9 Å². The van der Waals surface area contributed by atoms with Gasteiger partial charge in [-0.1, -0.05) is 13.0 Å². The normalized spacial score (nSPS) is 19.7. The van der Waals surface area contributed by atoms with Crippen molar-refractivity contribution in [3.63, 3.8) is 0 Å². The monoisotopic (exact) mass is 345 g/mol. The fourth-order valence-corrected chi connectivity index (χ4v) is 3.09. The predicted molar refractivity (Wildman–Crippen MR) is 93.9 cm³/mol. The minimum atomic E-state index is -0.326. The third kappa shape index (κ3) is 4.94. The minimum absolute atomic E-state index is 0.0731. The molecule has 0 radical (unpaired) electrons. The molecule has 0 unspecified atom stereocenters. The molecule has 2 amide bonds. The summed E-state index contributed by atoms with van der Waals surface area (Å²) in [5, 5.41) is 2.93. The van der Waals surface area contributed by atoms with Gasteiger partial charge in [0.1, 0.15) is 6.04 Å². The number of carbonyl (C=O) groups excluding carboxylic acids is 2. The molecule has 2 fully saturated rings. The maximum atomic E-state index is 12.4. The van der Waals surface area contributed by atoms with Crippen LogP contribution in [0.3, 0.4) is 0 Å². The SMILES string of the molecule is CCCC(=O)N1CCC[C@@H]1C(=O)NCc1ccc(OCC2CC2)nc1. The number of hydrogen-bond acceptors (Lipinski definition) is 4. The minimum Gasteiger partial charge on any atom is -0.477 e. The van der Waals surface area contributed by atoms with Gasteiger partial charge < -0.3 is 15.0 Å². The molecule has 1 aromatic rings. The van der Waals surface area contributed by atoms with E-state index in [1.807, 2.05) is 19.1 Å². The van der Waals surface area contributed by atoms with Crippen LogP contribution in [0.4, 0.5) is 0 Å². The molecule has 6 heteroatoms. The average Bonchev–Trinajstić information content (AvgIpc) is 3.32. The molecular weight excluding hydrogens is 318 g/mol. The first-order valence-electron chi connectivity index (χ1n) is 9.32. The lowest BCUT2D eigenvalue weighted by Gasteiger charge is -2.23. The van der Waals surface area contributed by atoms with Gasteiger partial charge in [-0.2, -0.15) is 0 Å². The van der Waals surface area contributed by atoms with Crippen molar-refractivity contribution in [2.75, 3.05) is 13.2 Å². The highest BCUT2D eigenvalue weighted by molar-refractivity contribution is 5.88. The lowest BCUT2D eigenvalue weighted by molar-refractivity contribution is -0.138. The van der Waals surface area contributed by atoms with Gasteiger partial charge in [0, 0.05) is 31.8 Å². The quantitative estimate of drug-likeness (QED) is 0.785. The van der Waals surface area contributed by atoms with Gasteiger partial charge in [-0.25, -0.2) is 4.98 Å². The summed E-state index contributed by atoms with van der Waals surface area (Å²) in [5.41, 5.74) is 0.927. The Balaban J connectivity index is 1.46.